The molecule has 1 aromatic heterocycles. The van der Waals surface area contributed by atoms with Gasteiger partial charge in [0.15, 0.2) is 6.61 Å². The molecule has 1 amide bonds. The predicted molar refractivity (Wildman–Crippen MR) is 92.4 cm³/mol. The molecule has 1 aliphatic rings. The van der Waals surface area contributed by atoms with E-state index in [0.717, 1.165) is 19.5 Å². The summed E-state index contributed by atoms with van der Waals surface area (Å²) in [4.78, 5) is 16.6. The number of hydrogen-bond acceptors (Lipinski definition) is 6. The minimum Gasteiger partial charge on any atom is -0.485 e. The standard InChI is InChI=1S/C18H24N4O3/c1-13-21-17(22-25-13)12-24-16-7-3-2-6-15(16)18(23)20-10-8-14-5-4-9-19-11-14/h2-3,6-7,14,19H,4-5,8-12H2,1H3,(H,20,23). The second kappa shape index (κ2) is 8.62. The zero-order valence-electron chi connectivity index (χ0n) is 14.5. The van der Waals surface area contributed by atoms with Crippen molar-refractivity contribution in [2.24, 2.45) is 5.92 Å². The first-order valence-corrected chi connectivity index (χ1v) is 8.72. The molecule has 1 aromatic carbocycles. The van der Waals surface area contributed by atoms with Crippen molar-refractivity contribution in [3.05, 3.63) is 41.5 Å². The normalized spacial score (nSPS) is 17.2. The van der Waals surface area contributed by atoms with E-state index >= 15 is 0 Å². The number of aryl methyl sites for hydroxylation is 1. The number of para-hydroxylation sites is 1. The van der Waals surface area contributed by atoms with Crippen LogP contribution in [0.1, 0.15) is 41.3 Å². The van der Waals surface area contributed by atoms with Gasteiger partial charge in [-0.1, -0.05) is 17.3 Å². The molecule has 7 nitrogen and oxygen atoms in total. The van der Waals surface area contributed by atoms with Crippen LogP contribution in [0.3, 0.4) is 0 Å². The van der Waals surface area contributed by atoms with E-state index in [1.807, 2.05) is 12.1 Å². The van der Waals surface area contributed by atoms with Gasteiger partial charge in [0.1, 0.15) is 5.75 Å². The largest absolute Gasteiger partial charge is 0.485 e. The fourth-order valence-corrected chi connectivity index (χ4v) is 2.98. The van der Waals surface area contributed by atoms with E-state index < -0.39 is 0 Å². The summed E-state index contributed by atoms with van der Waals surface area (Å²) < 4.78 is 10.6. The van der Waals surface area contributed by atoms with Crippen LogP contribution >= 0.6 is 0 Å². The highest BCUT2D eigenvalue weighted by Crippen LogP contribution is 2.19. The Bertz CT molecular complexity index is 695. The van der Waals surface area contributed by atoms with E-state index in [4.69, 9.17) is 9.26 Å². The first-order valence-electron chi connectivity index (χ1n) is 8.72. The molecule has 1 fully saturated rings. The van der Waals surface area contributed by atoms with Crippen molar-refractivity contribution in [3.63, 3.8) is 0 Å². The molecule has 0 spiro atoms. The molecule has 0 saturated carbocycles. The van der Waals surface area contributed by atoms with Crippen molar-refractivity contribution >= 4 is 5.91 Å². The molecule has 7 heteroatoms. The summed E-state index contributed by atoms with van der Waals surface area (Å²) in [7, 11) is 0. The fraction of sp³-hybridized carbons (Fsp3) is 0.500. The first-order chi connectivity index (χ1) is 12.2. The van der Waals surface area contributed by atoms with Gasteiger partial charge in [0.05, 0.1) is 5.56 Å². The van der Waals surface area contributed by atoms with Gasteiger partial charge in [-0.3, -0.25) is 4.79 Å². The van der Waals surface area contributed by atoms with Crippen molar-refractivity contribution < 1.29 is 14.1 Å². The molecule has 1 unspecified atom stereocenters. The fourth-order valence-electron chi connectivity index (χ4n) is 2.98. The van der Waals surface area contributed by atoms with Crippen LogP contribution < -0.4 is 15.4 Å². The lowest BCUT2D eigenvalue weighted by Gasteiger charge is -2.22. The summed E-state index contributed by atoms with van der Waals surface area (Å²) >= 11 is 0. The third kappa shape index (κ3) is 5.03. The summed E-state index contributed by atoms with van der Waals surface area (Å²) in [6.45, 7) is 4.70. The van der Waals surface area contributed by atoms with Crippen molar-refractivity contribution in [2.45, 2.75) is 32.8 Å². The zero-order valence-corrected chi connectivity index (χ0v) is 14.5. The van der Waals surface area contributed by atoms with Gasteiger partial charge in [0.2, 0.25) is 11.7 Å². The van der Waals surface area contributed by atoms with Crippen molar-refractivity contribution in [3.8, 4) is 5.75 Å². The first kappa shape index (κ1) is 17.4. The maximum absolute atomic E-state index is 12.5. The molecule has 2 aromatic rings. The molecule has 1 aliphatic heterocycles. The molecular weight excluding hydrogens is 320 g/mol. The Morgan fingerprint density at radius 2 is 2.32 bits per heavy atom. The number of ether oxygens (including phenoxy) is 1. The lowest BCUT2D eigenvalue weighted by Crippen LogP contribution is -2.33. The average molecular weight is 344 g/mol. The monoisotopic (exact) mass is 344 g/mol. The van der Waals surface area contributed by atoms with Crippen LogP contribution in [0.25, 0.3) is 0 Å². The molecule has 2 heterocycles. The highest BCUT2D eigenvalue weighted by atomic mass is 16.5. The number of carbonyl (C=O) groups is 1. The van der Waals surface area contributed by atoms with E-state index in [1.165, 1.54) is 12.8 Å². The minimum atomic E-state index is -0.122. The Balaban J connectivity index is 1.52. The van der Waals surface area contributed by atoms with Gasteiger partial charge in [-0.25, -0.2) is 0 Å². The van der Waals surface area contributed by atoms with Crippen LogP contribution in [-0.4, -0.2) is 35.7 Å². The molecule has 1 atom stereocenters. The topological polar surface area (TPSA) is 89.3 Å². The number of benzene rings is 1. The Kier molecular flexibility index (Phi) is 6.00. The van der Waals surface area contributed by atoms with Gasteiger partial charge in [0, 0.05) is 13.5 Å². The average Bonchev–Trinajstić information content (AvgIpc) is 3.06. The maximum Gasteiger partial charge on any atom is 0.255 e. The van der Waals surface area contributed by atoms with E-state index in [9.17, 15) is 4.79 Å². The number of piperidine rings is 1. The predicted octanol–water partition coefficient (Wildman–Crippen LogP) is 2.08. The molecule has 3 rings (SSSR count). The van der Waals surface area contributed by atoms with Gasteiger partial charge >= 0.3 is 0 Å². The van der Waals surface area contributed by atoms with Crippen LogP contribution in [0.15, 0.2) is 28.8 Å². The van der Waals surface area contributed by atoms with E-state index in [1.54, 1.807) is 19.1 Å². The number of nitrogens with one attached hydrogen (secondary N) is 2. The molecule has 134 valence electrons. The summed E-state index contributed by atoms with van der Waals surface area (Å²) in [5, 5.41) is 10.2. The van der Waals surface area contributed by atoms with Gasteiger partial charge < -0.3 is 19.9 Å². The van der Waals surface area contributed by atoms with Gasteiger partial charge in [-0.05, 0) is 50.4 Å². The summed E-state index contributed by atoms with van der Waals surface area (Å²) in [5.74, 6) is 1.98. The van der Waals surface area contributed by atoms with Gasteiger partial charge in [-0.15, -0.1) is 0 Å². The number of rotatable bonds is 7. The lowest BCUT2D eigenvalue weighted by molar-refractivity contribution is 0.0946. The third-order valence-electron chi connectivity index (χ3n) is 4.30. The number of hydrogen-bond donors (Lipinski definition) is 2. The summed E-state index contributed by atoms with van der Waals surface area (Å²) in [5.41, 5.74) is 0.518. The lowest BCUT2D eigenvalue weighted by atomic mass is 9.96. The van der Waals surface area contributed by atoms with E-state index in [-0.39, 0.29) is 12.5 Å². The van der Waals surface area contributed by atoms with Gasteiger partial charge in [-0.2, -0.15) is 4.98 Å². The third-order valence-corrected chi connectivity index (χ3v) is 4.30. The number of carbonyl (C=O) groups excluding carboxylic acids is 1. The van der Waals surface area contributed by atoms with Crippen LogP contribution in [-0.2, 0) is 6.61 Å². The Morgan fingerprint density at radius 3 is 3.08 bits per heavy atom. The SMILES string of the molecule is Cc1nc(COc2ccccc2C(=O)NCCC2CCCNC2)no1. The van der Waals surface area contributed by atoms with Crippen molar-refractivity contribution in [1.29, 1.82) is 0 Å². The highest BCUT2D eigenvalue weighted by molar-refractivity contribution is 5.96. The van der Waals surface area contributed by atoms with Gasteiger partial charge in [0.25, 0.3) is 5.91 Å². The van der Waals surface area contributed by atoms with Crippen LogP contribution in [0.2, 0.25) is 0 Å². The second-order valence-corrected chi connectivity index (χ2v) is 6.27. The number of aromatic nitrogens is 2. The smallest absolute Gasteiger partial charge is 0.255 e. The maximum atomic E-state index is 12.5. The quantitative estimate of drug-likeness (QED) is 0.799. The highest BCUT2D eigenvalue weighted by Gasteiger charge is 2.15. The molecular formula is C18H24N4O3. The minimum absolute atomic E-state index is 0.122. The van der Waals surface area contributed by atoms with Crippen molar-refractivity contribution in [1.82, 2.24) is 20.8 Å². The van der Waals surface area contributed by atoms with Crippen LogP contribution in [0.5, 0.6) is 5.75 Å². The molecule has 1 saturated heterocycles. The Morgan fingerprint density at radius 1 is 1.44 bits per heavy atom. The Labute approximate surface area is 147 Å². The number of amides is 1. The van der Waals surface area contributed by atoms with E-state index in [2.05, 4.69) is 20.8 Å². The molecule has 0 radical (unpaired) electrons. The van der Waals surface area contributed by atoms with Crippen LogP contribution in [0.4, 0.5) is 0 Å². The second-order valence-electron chi connectivity index (χ2n) is 6.27. The molecule has 25 heavy (non-hydrogen) atoms. The molecule has 0 bridgehead atoms. The van der Waals surface area contributed by atoms with Crippen LogP contribution in [0, 0.1) is 12.8 Å². The molecule has 0 aliphatic carbocycles. The Hall–Kier alpha value is -2.41. The summed E-state index contributed by atoms with van der Waals surface area (Å²) in [6.07, 6.45) is 3.43. The van der Waals surface area contributed by atoms with E-state index in [0.29, 0.717) is 35.5 Å². The molecule has 2 N–H and O–H groups in total. The van der Waals surface area contributed by atoms with Crippen molar-refractivity contribution in [2.75, 3.05) is 19.6 Å². The summed E-state index contributed by atoms with van der Waals surface area (Å²) in [6, 6.07) is 7.19. The number of nitrogens with zero attached hydrogens (tertiary/aromatic N) is 2. The zero-order chi connectivity index (χ0) is 17.5.